The van der Waals surface area contributed by atoms with Crippen molar-refractivity contribution < 1.29 is 24.2 Å². The van der Waals surface area contributed by atoms with E-state index in [1.54, 1.807) is 13.8 Å². The number of carboxylic acid groups (broad SMARTS) is 1. The molecule has 1 rings (SSSR count). The van der Waals surface area contributed by atoms with Gasteiger partial charge in [0.25, 0.3) is 5.91 Å². The summed E-state index contributed by atoms with van der Waals surface area (Å²) in [6.07, 6.45) is 0. The summed E-state index contributed by atoms with van der Waals surface area (Å²) >= 11 is 0. The third-order valence-electron chi connectivity index (χ3n) is 2.75. The lowest BCUT2D eigenvalue weighted by molar-refractivity contribution is -0.133. The minimum atomic E-state index is -1.08. The summed E-state index contributed by atoms with van der Waals surface area (Å²) in [5, 5.41) is 11.5. The van der Waals surface area contributed by atoms with Crippen LogP contribution in [-0.4, -0.2) is 36.8 Å². The maximum atomic E-state index is 12.0. The first-order valence-corrected chi connectivity index (χ1v) is 5.59. The molecule has 0 aliphatic rings. The Kier molecular flexibility index (Phi) is 4.50. The van der Waals surface area contributed by atoms with Crippen molar-refractivity contribution in [2.45, 2.75) is 19.4 Å². The van der Waals surface area contributed by atoms with Gasteiger partial charge in [-0.15, -0.1) is 0 Å². The van der Waals surface area contributed by atoms with Crippen LogP contribution >= 0.6 is 0 Å². The standard InChI is InChI=1S/C13H17NO5/c1-13(2,19-4)12(17)14-9-7-8(11(15)16)5-6-10(9)18-3/h5-7H,1-4H3,(H,14,17)(H,15,16). The van der Waals surface area contributed by atoms with Crippen LogP contribution in [0.4, 0.5) is 5.69 Å². The molecule has 0 spiro atoms. The lowest BCUT2D eigenvalue weighted by Crippen LogP contribution is -2.38. The summed E-state index contributed by atoms with van der Waals surface area (Å²) in [6.45, 7) is 3.21. The molecule has 0 fully saturated rings. The van der Waals surface area contributed by atoms with E-state index in [0.29, 0.717) is 5.75 Å². The number of carbonyl (C=O) groups is 2. The predicted octanol–water partition coefficient (Wildman–Crippen LogP) is 1.76. The van der Waals surface area contributed by atoms with E-state index >= 15 is 0 Å². The number of benzene rings is 1. The number of amides is 1. The SMILES string of the molecule is COc1ccc(C(=O)O)cc1NC(=O)C(C)(C)OC. The first-order valence-electron chi connectivity index (χ1n) is 5.59. The first kappa shape index (κ1) is 15.0. The van der Waals surface area contributed by atoms with Crippen LogP contribution in [0.3, 0.4) is 0 Å². The maximum Gasteiger partial charge on any atom is 0.335 e. The molecule has 6 heteroatoms. The monoisotopic (exact) mass is 267 g/mol. The van der Waals surface area contributed by atoms with Crippen LogP contribution in [0.1, 0.15) is 24.2 Å². The summed E-state index contributed by atoms with van der Waals surface area (Å²) in [7, 11) is 2.86. The molecule has 0 atom stereocenters. The van der Waals surface area contributed by atoms with E-state index in [4.69, 9.17) is 14.6 Å². The van der Waals surface area contributed by atoms with Crippen LogP contribution in [-0.2, 0) is 9.53 Å². The highest BCUT2D eigenvalue weighted by atomic mass is 16.5. The van der Waals surface area contributed by atoms with Crippen molar-refractivity contribution in [2.24, 2.45) is 0 Å². The van der Waals surface area contributed by atoms with Gasteiger partial charge < -0.3 is 19.9 Å². The second kappa shape index (κ2) is 5.71. The van der Waals surface area contributed by atoms with Gasteiger partial charge >= 0.3 is 5.97 Å². The van der Waals surface area contributed by atoms with Crippen molar-refractivity contribution in [3.63, 3.8) is 0 Å². The fourth-order valence-corrected chi connectivity index (χ4v) is 1.30. The normalized spacial score (nSPS) is 10.9. The molecule has 104 valence electrons. The molecule has 0 aliphatic heterocycles. The van der Waals surface area contributed by atoms with Crippen molar-refractivity contribution in [3.8, 4) is 5.75 Å². The number of aromatic carboxylic acids is 1. The van der Waals surface area contributed by atoms with E-state index in [2.05, 4.69) is 5.32 Å². The van der Waals surface area contributed by atoms with Gasteiger partial charge in [0.2, 0.25) is 0 Å². The number of anilines is 1. The van der Waals surface area contributed by atoms with Crippen LogP contribution in [0.15, 0.2) is 18.2 Å². The van der Waals surface area contributed by atoms with E-state index in [1.807, 2.05) is 0 Å². The topological polar surface area (TPSA) is 84.9 Å². The molecule has 1 aromatic rings. The highest BCUT2D eigenvalue weighted by molar-refractivity contribution is 5.99. The molecule has 0 unspecified atom stereocenters. The Morgan fingerprint density at radius 1 is 1.26 bits per heavy atom. The molecule has 0 radical (unpaired) electrons. The molecule has 19 heavy (non-hydrogen) atoms. The van der Waals surface area contributed by atoms with Gasteiger partial charge in [0, 0.05) is 7.11 Å². The van der Waals surface area contributed by atoms with Crippen LogP contribution in [0.2, 0.25) is 0 Å². The highest BCUT2D eigenvalue weighted by Crippen LogP contribution is 2.26. The molecule has 0 saturated carbocycles. The van der Waals surface area contributed by atoms with Crippen molar-refractivity contribution >= 4 is 17.6 Å². The second-order valence-corrected chi connectivity index (χ2v) is 4.39. The lowest BCUT2D eigenvalue weighted by Gasteiger charge is -2.22. The third-order valence-corrected chi connectivity index (χ3v) is 2.75. The Morgan fingerprint density at radius 3 is 2.37 bits per heavy atom. The number of nitrogens with one attached hydrogen (secondary N) is 1. The molecule has 1 amide bonds. The van der Waals surface area contributed by atoms with Gasteiger partial charge in [0.05, 0.1) is 18.4 Å². The number of rotatable bonds is 5. The van der Waals surface area contributed by atoms with E-state index < -0.39 is 17.5 Å². The zero-order valence-electron chi connectivity index (χ0n) is 11.3. The van der Waals surface area contributed by atoms with Crippen LogP contribution in [0.5, 0.6) is 5.75 Å². The molecular formula is C13H17NO5. The summed E-state index contributed by atoms with van der Waals surface area (Å²) in [4.78, 5) is 22.9. The molecular weight excluding hydrogens is 250 g/mol. The number of hydrogen-bond acceptors (Lipinski definition) is 4. The van der Waals surface area contributed by atoms with Crippen LogP contribution < -0.4 is 10.1 Å². The van der Waals surface area contributed by atoms with E-state index in [0.717, 1.165) is 0 Å². The van der Waals surface area contributed by atoms with E-state index in [-0.39, 0.29) is 11.3 Å². The van der Waals surface area contributed by atoms with Crippen molar-refractivity contribution in [2.75, 3.05) is 19.5 Å². The average Bonchev–Trinajstić information content (AvgIpc) is 2.38. The largest absolute Gasteiger partial charge is 0.495 e. The molecule has 0 heterocycles. The zero-order chi connectivity index (χ0) is 14.6. The lowest BCUT2D eigenvalue weighted by atomic mass is 10.1. The Morgan fingerprint density at radius 2 is 1.89 bits per heavy atom. The Bertz CT molecular complexity index is 496. The quantitative estimate of drug-likeness (QED) is 0.849. The van der Waals surface area contributed by atoms with Crippen LogP contribution in [0, 0.1) is 0 Å². The van der Waals surface area contributed by atoms with Gasteiger partial charge in [0.1, 0.15) is 11.4 Å². The predicted molar refractivity (Wildman–Crippen MR) is 69.7 cm³/mol. The minimum absolute atomic E-state index is 0.0614. The maximum absolute atomic E-state index is 12.0. The van der Waals surface area contributed by atoms with Crippen molar-refractivity contribution in [1.29, 1.82) is 0 Å². The number of carboxylic acids is 1. The highest BCUT2D eigenvalue weighted by Gasteiger charge is 2.27. The van der Waals surface area contributed by atoms with E-state index in [9.17, 15) is 9.59 Å². The Labute approximate surface area is 111 Å². The third kappa shape index (κ3) is 3.45. The average molecular weight is 267 g/mol. The molecule has 0 aromatic heterocycles. The second-order valence-electron chi connectivity index (χ2n) is 4.39. The van der Waals surface area contributed by atoms with Crippen molar-refractivity contribution in [3.05, 3.63) is 23.8 Å². The molecule has 0 bridgehead atoms. The number of hydrogen-bond donors (Lipinski definition) is 2. The number of carbonyl (C=O) groups excluding carboxylic acids is 1. The smallest absolute Gasteiger partial charge is 0.335 e. The van der Waals surface area contributed by atoms with Crippen molar-refractivity contribution in [1.82, 2.24) is 0 Å². The van der Waals surface area contributed by atoms with Gasteiger partial charge in [-0.1, -0.05) is 0 Å². The molecule has 6 nitrogen and oxygen atoms in total. The first-order chi connectivity index (χ1) is 8.81. The summed E-state index contributed by atoms with van der Waals surface area (Å²) in [5.41, 5.74) is -0.673. The minimum Gasteiger partial charge on any atom is -0.495 e. The van der Waals surface area contributed by atoms with Gasteiger partial charge in [0.15, 0.2) is 0 Å². The van der Waals surface area contributed by atoms with Gasteiger partial charge in [-0.3, -0.25) is 4.79 Å². The molecule has 1 aromatic carbocycles. The molecule has 0 aliphatic carbocycles. The molecule has 2 N–H and O–H groups in total. The van der Waals surface area contributed by atoms with E-state index in [1.165, 1.54) is 32.4 Å². The number of ether oxygens (including phenoxy) is 2. The van der Waals surface area contributed by atoms with Gasteiger partial charge in [-0.05, 0) is 32.0 Å². The molecule has 0 saturated heterocycles. The summed E-state index contributed by atoms with van der Waals surface area (Å²) in [6, 6.07) is 4.22. The van der Waals surface area contributed by atoms with Crippen LogP contribution in [0.25, 0.3) is 0 Å². The van der Waals surface area contributed by atoms with Gasteiger partial charge in [-0.2, -0.15) is 0 Å². The Hall–Kier alpha value is -2.08. The fraction of sp³-hybridized carbons (Fsp3) is 0.385. The summed E-state index contributed by atoms with van der Waals surface area (Å²) < 4.78 is 10.1. The van der Waals surface area contributed by atoms with Gasteiger partial charge in [-0.25, -0.2) is 4.79 Å². The zero-order valence-corrected chi connectivity index (χ0v) is 11.3. The number of methoxy groups -OCH3 is 2. The fourth-order valence-electron chi connectivity index (χ4n) is 1.30. The summed E-state index contributed by atoms with van der Waals surface area (Å²) in [5.74, 6) is -1.09. The Balaban J connectivity index is 3.08.